The molecule has 1 aromatic carbocycles. The largest absolute Gasteiger partial charge is 0.362 e. The summed E-state index contributed by atoms with van der Waals surface area (Å²) in [5, 5.41) is 16.4. The highest BCUT2D eigenvalue weighted by Gasteiger charge is 2.19. The molecule has 0 spiro atoms. The third-order valence-electron chi connectivity index (χ3n) is 3.30. The van der Waals surface area contributed by atoms with Gasteiger partial charge in [-0.1, -0.05) is 31.2 Å². The minimum Gasteiger partial charge on any atom is -0.362 e. The van der Waals surface area contributed by atoms with Crippen molar-refractivity contribution in [2.45, 2.75) is 6.92 Å². The maximum absolute atomic E-state index is 12.6. The van der Waals surface area contributed by atoms with Gasteiger partial charge in [-0.05, 0) is 36.2 Å². The lowest BCUT2D eigenvalue weighted by Crippen LogP contribution is -2.40. The van der Waals surface area contributed by atoms with Crippen LogP contribution in [0.15, 0.2) is 60.1 Å². The maximum atomic E-state index is 12.6. The molecular weight excluding hydrogens is 320 g/mol. The second kappa shape index (κ2) is 9.64. The van der Waals surface area contributed by atoms with E-state index in [0.29, 0.717) is 18.0 Å². The molecule has 0 atom stereocenters. The zero-order valence-corrected chi connectivity index (χ0v) is 14.5. The van der Waals surface area contributed by atoms with Crippen LogP contribution in [0.5, 0.6) is 0 Å². The Morgan fingerprint density at radius 2 is 2.04 bits per heavy atom. The summed E-state index contributed by atoms with van der Waals surface area (Å²) in [5.74, 6) is 0.0204. The van der Waals surface area contributed by atoms with E-state index in [1.54, 1.807) is 18.3 Å². The number of nitrogens with zero attached hydrogens (tertiary/aromatic N) is 1. The molecule has 24 heavy (non-hydrogen) atoms. The minimum absolute atomic E-state index is 0.141. The number of anilines is 1. The number of carbonyl (C=O) groups is 1. The number of hydrogen-bond donors (Lipinski definition) is 3. The van der Waals surface area contributed by atoms with Crippen LogP contribution < -0.4 is 10.6 Å². The Morgan fingerprint density at radius 3 is 2.71 bits per heavy atom. The first-order valence-electron chi connectivity index (χ1n) is 7.85. The lowest BCUT2D eigenvalue weighted by atomic mass is 10.3. The van der Waals surface area contributed by atoms with Crippen molar-refractivity contribution < 1.29 is 4.79 Å². The molecule has 0 aliphatic heterocycles. The molecule has 126 valence electrons. The van der Waals surface area contributed by atoms with Gasteiger partial charge in [0.15, 0.2) is 0 Å². The number of nitrogens with one attached hydrogen (secondary N) is 3. The summed E-state index contributed by atoms with van der Waals surface area (Å²) < 4.78 is 0. The molecule has 0 saturated heterocycles. The van der Waals surface area contributed by atoms with Crippen molar-refractivity contribution in [2.75, 3.05) is 25.0 Å². The number of likely N-dealkylation sites (N-methyl/N-ethyl adjacent to an activating group) is 1. The lowest BCUT2D eigenvalue weighted by molar-refractivity contribution is 0.0852. The molecule has 5 nitrogen and oxygen atoms in total. The molecule has 3 N–H and O–H groups in total. The van der Waals surface area contributed by atoms with Crippen molar-refractivity contribution >= 4 is 28.8 Å². The Labute approximate surface area is 146 Å². The zero-order valence-electron chi connectivity index (χ0n) is 13.7. The van der Waals surface area contributed by atoms with Crippen LogP contribution in [0, 0.1) is 5.41 Å². The van der Waals surface area contributed by atoms with E-state index >= 15 is 0 Å². The van der Waals surface area contributed by atoms with E-state index in [-0.39, 0.29) is 11.7 Å². The Morgan fingerprint density at radius 1 is 1.25 bits per heavy atom. The Kier molecular flexibility index (Phi) is 7.20. The van der Waals surface area contributed by atoms with E-state index in [9.17, 15) is 4.79 Å². The van der Waals surface area contributed by atoms with E-state index in [1.165, 1.54) is 16.2 Å². The topological polar surface area (TPSA) is 68.2 Å². The fraction of sp³-hybridized carbons (Fsp3) is 0.222. The van der Waals surface area contributed by atoms with Crippen LogP contribution >= 0.6 is 11.3 Å². The van der Waals surface area contributed by atoms with Gasteiger partial charge in [0.25, 0.3) is 5.91 Å². The summed E-state index contributed by atoms with van der Waals surface area (Å²) in [7, 11) is 0. The van der Waals surface area contributed by atoms with Gasteiger partial charge in [-0.2, -0.15) is 0 Å². The fourth-order valence-corrected chi connectivity index (χ4v) is 2.75. The molecule has 0 radical (unpaired) electrons. The molecule has 2 aromatic rings. The fourth-order valence-electron chi connectivity index (χ4n) is 2.07. The van der Waals surface area contributed by atoms with E-state index in [2.05, 4.69) is 10.6 Å². The van der Waals surface area contributed by atoms with Crippen LogP contribution in [0.25, 0.3) is 0 Å². The van der Waals surface area contributed by atoms with Gasteiger partial charge in [0.05, 0.1) is 4.88 Å². The summed E-state index contributed by atoms with van der Waals surface area (Å²) >= 11 is 1.39. The lowest BCUT2D eigenvalue weighted by Gasteiger charge is -2.21. The van der Waals surface area contributed by atoms with Gasteiger partial charge in [0, 0.05) is 25.0 Å². The molecule has 1 heterocycles. The first-order valence-corrected chi connectivity index (χ1v) is 8.73. The minimum atomic E-state index is -0.141. The molecule has 0 aliphatic carbocycles. The highest BCUT2D eigenvalue weighted by molar-refractivity contribution is 7.12. The van der Waals surface area contributed by atoms with Crippen molar-refractivity contribution in [1.29, 1.82) is 5.41 Å². The molecule has 1 amide bonds. The van der Waals surface area contributed by atoms with Gasteiger partial charge in [-0.25, -0.2) is 0 Å². The highest BCUT2D eigenvalue weighted by Crippen LogP contribution is 2.12. The first-order chi connectivity index (χ1) is 11.7. The predicted molar refractivity (Wildman–Crippen MR) is 101 cm³/mol. The van der Waals surface area contributed by atoms with Gasteiger partial charge >= 0.3 is 0 Å². The van der Waals surface area contributed by atoms with E-state index in [4.69, 9.17) is 5.41 Å². The van der Waals surface area contributed by atoms with Crippen molar-refractivity contribution in [3.05, 3.63) is 65.0 Å². The second-order valence-electron chi connectivity index (χ2n) is 5.02. The average Bonchev–Trinajstić information content (AvgIpc) is 3.14. The first kappa shape index (κ1) is 17.9. The number of carbonyl (C=O) groups excluding carboxylic acids is 1. The summed E-state index contributed by atoms with van der Waals surface area (Å²) in [5.41, 5.74) is 0.935. The maximum Gasteiger partial charge on any atom is 0.269 e. The van der Waals surface area contributed by atoms with Crippen molar-refractivity contribution in [2.24, 2.45) is 0 Å². The van der Waals surface area contributed by atoms with Crippen LogP contribution in [-0.4, -0.2) is 36.3 Å². The van der Waals surface area contributed by atoms with E-state index in [0.717, 1.165) is 12.2 Å². The molecule has 0 bridgehead atoms. The third kappa shape index (κ3) is 5.33. The number of amides is 1. The quantitative estimate of drug-likeness (QED) is 0.391. The standard InChI is InChI=1S/C18H22N4OS/c1-2-20-12-13-22(18(23)16-9-6-14-24-16)17(19)10-11-21-15-7-4-3-5-8-15/h3-11,14,19-21H,2,12-13H2,1H3/b11-10-,19-17?. The molecular formula is C18H22N4OS. The number of thiophene rings is 1. The summed E-state index contributed by atoms with van der Waals surface area (Å²) in [6, 6.07) is 13.3. The second-order valence-corrected chi connectivity index (χ2v) is 5.96. The molecule has 0 aliphatic rings. The van der Waals surface area contributed by atoms with E-state index in [1.807, 2.05) is 48.7 Å². The van der Waals surface area contributed by atoms with Crippen LogP contribution in [0.3, 0.4) is 0 Å². The number of para-hydroxylation sites is 1. The van der Waals surface area contributed by atoms with Gasteiger partial charge in [-0.3, -0.25) is 15.1 Å². The van der Waals surface area contributed by atoms with Crippen LogP contribution in [-0.2, 0) is 0 Å². The molecule has 0 unspecified atom stereocenters. The van der Waals surface area contributed by atoms with Crippen molar-refractivity contribution in [3.63, 3.8) is 0 Å². The van der Waals surface area contributed by atoms with Crippen LogP contribution in [0.4, 0.5) is 5.69 Å². The number of benzene rings is 1. The monoisotopic (exact) mass is 342 g/mol. The van der Waals surface area contributed by atoms with Crippen molar-refractivity contribution in [1.82, 2.24) is 10.2 Å². The molecule has 0 fully saturated rings. The smallest absolute Gasteiger partial charge is 0.269 e. The summed E-state index contributed by atoms with van der Waals surface area (Å²) in [6.45, 7) is 3.95. The van der Waals surface area contributed by atoms with Gasteiger partial charge in [0.1, 0.15) is 5.84 Å². The molecule has 0 saturated carbocycles. The van der Waals surface area contributed by atoms with Gasteiger partial charge in [-0.15, -0.1) is 11.3 Å². The van der Waals surface area contributed by atoms with E-state index < -0.39 is 0 Å². The zero-order chi connectivity index (χ0) is 17.2. The highest BCUT2D eigenvalue weighted by atomic mass is 32.1. The number of amidine groups is 1. The number of hydrogen-bond acceptors (Lipinski definition) is 5. The third-order valence-corrected chi connectivity index (χ3v) is 4.15. The van der Waals surface area contributed by atoms with Gasteiger partial charge < -0.3 is 10.6 Å². The molecule has 6 heteroatoms. The summed E-state index contributed by atoms with van der Waals surface area (Å²) in [4.78, 5) is 14.7. The molecule has 2 rings (SSSR count). The van der Waals surface area contributed by atoms with Crippen LogP contribution in [0.2, 0.25) is 0 Å². The average molecular weight is 342 g/mol. The molecule has 1 aromatic heterocycles. The Hall–Kier alpha value is -2.44. The normalized spacial score (nSPS) is 10.7. The SMILES string of the molecule is CCNCCN(C(=N)/C=C\Nc1ccccc1)C(=O)c1cccs1. The summed E-state index contributed by atoms with van der Waals surface area (Å²) in [6.07, 6.45) is 3.28. The van der Waals surface area contributed by atoms with Crippen molar-refractivity contribution in [3.8, 4) is 0 Å². The van der Waals surface area contributed by atoms with Crippen LogP contribution in [0.1, 0.15) is 16.6 Å². The predicted octanol–water partition coefficient (Wildman–Crippen LogP) is 3.40. The Balaban J connectivity index is 2.01. The Bertz CT molecular complexity index is 668. The van der Waals surface area contributed by atoms with Gasteiger partial charge in [0.2, 0.25) is 0 Å². The number of rotatable bonds is 8.